The van der Waals surface area contributed by atoms with Crippen LogP contribution in [-0.4, -0.2) is 31.4 Å². The van der Waals surface area contributed by atoms with Crippen LogP contribution in [0.15, 0.2) is 60.7 Å². The molecule has 1 aliphatic heterocycles. The third kappa shape index (κ3) is 4.70. The van der Waals surface area contributed by atoms with Crippen LogP contribution in [0.3, 0.4) is 0 Å². The van der Waals surface area contributed by atoms with Gasteiger partial charge >= 0.3 is 0 Å². The van der Waals surface area contributed by atoms with E-state index in [9.17, 15) is 9.59 Å². The van der Waals surface area contributed by atoms with Gasteiger partial charge in [0.1, 0.15) is 0 Å². The average Bonchev–Trinajstić information content (AvgIpc) is 2.67. The highest BCUT2D eigenvalue weighted by Gasteiger charge is 2.29. The van der Waals surface area contributed by atoms with E-state index >= 15 is 0 Å². The van der Waals surface area contributed by atoms with Gasteiger partial charge in [-0.25, -0.2) is 0 Å². The van der Waals surface area contributed by atoms with Gasteiger partial charge in [-0.2, -0.15) is 0 Å². The Balaban J connectivity index is 1.69. The van der Waals surface area contributed by atoms with Crippen LogP contribution in [0.2, 0.25) is 0 Å². The molecule has 0 radical (unpaired) electrons. The van der Waals surface area contributed by atoms with Crippen molar-refractivity contribution >= 4 is 11.8 Å². The zero-order valence-electron chi connectivity index (χ0n) is 14.9. The van der Waals surface area contributed by atoms with Gasteiger partial charge in [-0.1, -0.05) is 60.7 Å². The second-order valence-electron chi connectivity index (χ2n) is 6.94. The average molecular weight is 352 g/mol. The molecule has 0 saturated carbocycles. The molecule has 5 nitrogen and oxygen atoms in total. The molecule has 1 unspecified atom stereocenters. The topological polar surface area (TPSA) is 76.6 Å². The van der Waals surface area contributed by atoms with Gasteiger partial charge in [-0.05, 0) is 24.0 Å². The van der Waals surface area contributed by atoms with E-state index in [1.54, 1.807) is 0 Å². The maximum atomic E-state index is 12.7. The predicted molar refractivity (Wildman–Crippen MR) is 100 cm³/mol. The molecule has 1 fully saturated rings. The number of nitrogens with two attached hydrogens (primary N) is 1. The number of amides is 2. The van der Waals surface area contributed by atoms with Crippen LogP contribution in [-0.2, 0) is 9.59 Å². The lowest BCUT2D eigenvalue weighted by atomic mass is 9.97. The zero-order chi connectivity index (χ0) is 18.4. The Bertz CT molecular complexity index is 694. The second-order valence-corrected chi connectivity index (χ2v) is 6.94. The molecule has 5 heteroatoms. The van der Waals surface area contributed by atoms with Crippen LogP contribution >= 0.6 is 0 Å². The number of benzene rings is 2. The number of likely N-dealkylation sites (tertiary alicyclic amines) is 1. The fourth-order valence-corrected chi connectivity index (χ4v) is 3.64. The van der Waals surface area contributed by atoms with E-state index in [2.05, 4.69) is 5.32 Å². The van der Waals surface area contributed by atoms with Crippen molar-refractivity contribution < 1.29 is 14.5 Å². The Kier molecular flexibility index (Phi) is 6.02. The number of carbonyl (C=O) groups excluding carboxylic acids is 2. The van der Waals surface area contributed by atoms with Gasteiger partial charge in [0.25, 0.3) is 5.91 Å². The number of piperidine rings is 1. The number of hydrogen-bond acceptors (Lipinski definition) is 2. The summed E-state index contributed by atoms with van der Waals surface area (Å²) >= 11 is 0. The molecule has 2 atom stereocenters. The minimum atomic E-state index is -0.256. The Morgan fingerprint density at radius 2 is 1.62 bits per heavy atom. The number of primary amides is 1. The molecule has 1 saturated heterocycles. The van der Waals surface area contributed by atoms with Gasteiger partial charge in [0, 0.05) is 0 Å². The molecule has 136 valence electrons. The largest absolute Gasteiger partial charge is 0.369 e. The standard InChI is InChI=1S/C21H25N3O2/c22-21(26)18-12-7-13-24(14-18)15-19(25)23-20(16-8-3-1-4-9-16)17-10-5-2-6-11-17/h1-6,8-11,18,20H,7,12-15H2,(H2,22,26)(H,23,25)/p+1/t18-/m0/s1. The number of carbonyl (C=O) groups is 2. The van der Waals surface area contributed by atoms with E-state index < -0.39 is 0 Å². The van der Waals surface area contributed by atoms with E-state index in [0.717, 1.165) is 35.4 Å². The van der Waals surface area contributed by atoms with Gasteiger partial charge < -0.3 is 16.0 Å². The van der Waals surface area contributed by atoms with Crippen LogP contribution in [0.25, 0.3) is 0 Å². The van der Waals surface area contributed by atoms with Crippen molar-refractivity contribution in [2.45, 2.75) is 18.9 Å². The molecule has 2 aromatic rings. The fraction of sp³-hybridized carbons (Fsp3) is 0.333. The van der Waals surface area contributed by atoms with Gasteiger partial charge in [0.05, 0.1) is 25.0 Å². The maximum absolute atomic E-state index is 12.7. The van der Waals surface area contributed by atoms with Crippen molar-refractivity contribution in [2.75, 3.05) is 19.6 Å². The minimum absolute atomic E-state index is 0.0113. The van der Waals surface area contributed by atoms with Crippen LogP contribution < -0.4 is 16.0 Å². The van der Waals surface area contributed by atoms with Crippen molar-refractivity contribution in [1.29, 1.82) is 0 Å². The van der Waals surface area contributed by atoms with Gasteiger partial charge in [-0.15, -0.1) is 0 Å². The van der Waals surface area contributed by atoms with E-state index in [1.807, 2.05) is 60.7 Å². The van der Waals surface area contributed by atoms with Crippen molar-refractivity contribution in [1.82, 2.24) is 5.32 Å². The number of hydrogen-bond donors (Lipinski definition) is 3. The molecule has 0 aromatic heterocycles. The third-order valence-electron chi connectivity index (χ3n) is 5.00. The summed E-state index contributed by atoms with van der Waals surface area (Å²) in [7, 11) is 0. The normalized spacial score (nSPS) is 19.9. The lowest BCUT2D eigenvalue weighted by Crippen LogP contribution is -3.15. The first-order valence-electron chi connectivity index (χ1n) is 9.15. The second kappa shape index (κ2) is 8.63. The molecule has 0 aliphatic carbocycles. The molecule has 4 N–H and O–H groups in total. The first kappa shape index (κ1) is 18.1. The Labute approximate surface area is 154 Å². The smallest absolute Gasteiger partial charge is 0.275 e. The molecule has 2 aromatic carbocycles. The van der Waals surface area contributed by atoms with Gasteiger partial charge in [0.2, 0.25) is 5.91 Å². The van der Waals surface area contributed by atoms with Crippen LogP contribution in [0.1, 0.15) is 30.0 Å². The van der Waals surface area contributed by atoms with Crippen LogP contribution in [0.4, 0.5) is 0 Å². The van der Waals surface area contributed by atoms with Gasteiger partial charge in [-0.3, -0.25) is 9.59 Å². The number of quaternary nitrogens is 1. The third-order valence-corrected chi connectivity index (χ3v) is 5.00. The van der Waals surface area contributed by atoms with E-state index in [-0.39, 0.29) is 23.8 Å². The molecule has 0 spiro atoms. The molecule has 0 bridgehead atoms. The summed E-state index contributed by atoms with van der Waals surface area (Å²) in [6.07, 6.45) is 1.76. The summed E-state index contributed by atoms with van der Waals surface area (Å²) < 4.78 is 0. The Morgan fingerprint density at radius 3 is 2.15 bits per heavy atom. The summed E-state index contributed by atoms with van der Waals surface area (Å²) in [4.78, 5) is 25.3. The predicted octanol–water partition coefficient (Wildman–Crippen LogP) is 0.672. The monoisotopic (exact) mass is 352 g/mol. The zero-order valence-corrected chi connectivity index (χ0v) is 14.9. The first-order valence-corrected chi connectivity index (χ1v) is 9.15. The lowest BCUT2D eigenvalue weighted by Gasteiger charge is -2.28. The molecule has 2 amide bonds. The molecule has 1 aliphatic rings. The fourth-order valence-electron chi connectivity index (χ4n) is 3.64. The highest BCUT2D eigenvalue weighted by Crippen LogP contribution is 2.21. The molecular formula is C21H26N3O2+. The number of rotatable bonds is 6. The minimum Gasteiger partial charge on any atom is -0.369 e. The quantitative estimate of drug-likeness (QED) is 0.715. The van der Waals surface area contributed by atoms with E-state index in [0.29, 0.717) is 13.1 Å². The molecule has 3 rings (SSSR count). The summed E-state index contributed by atoms with van der Waals surface area (Å²) in [5.74, 6) is -0.387. The van der Waals surface area contributed by atoms with Crippen LogP contribution in [0.5, 0.6) is 0 Å². The highest BCUT2D eigenvalue weighted by molar-refractivity contribution is 5.78. The summed E-state index contributed by atoms with van der Waals surface area (Å²) in [6, 6.07) is 19.8. The van der Waals surface area contributed by atoms with Gasteiger partial charge in [0.15, 0.2) is 6.54 Å². The van der Waals surface area contributed by atoms with E-state index in [4.69, 9.17) is 5.73 Å². The maximum Gasteiger partial charge on any atom is 0.275 e. The molecule has 26 heavy (non-hydrogen) atoms. The van der Waals surface area contributed by atoms with Crippen molar-refractivity contribution in [3.05, 3.63) is 71.8 Å². The summed E-state index contributed by atoms with van der Waals surface area (Å²) in [5.41, 5.74) is 7.54. The van der Waals surface area contributed by atoms with Crippen molar-refractivity contribution in [3.63, 3.8) is 0 Å². The van der Waals surface area contributed by atoms with Crippen molar-refractivity contribution in [2.24, 2.45) is 11.7 Å². The van der Waals surface area contributed by atoms with Crippen molar-refractivity contribution in [3.8, 4) is 0 Å². The SMILES string of the molecule is NC(=O)[C@H]1CCC[NH+](CC(=O)NC(c2ccccc2)c2ccccc2)C1. The highest BCUT2D eigenvalue weighted by atomic mass is 16.2. The molecule has 1 heterocycles. The Morgan fingerprint density at radius 1 is 1.04 bits per heavy atom. The molecular weight excluding hydrogens is 326 g/mol. The Hall–Kier alpha value is -2.66. The summed E-state index contributed by atoms with van der Waals surface area (Å²) in [5, 5.41) is 3.17. The number of nitrogens with one attached hydrogen (secondary N) is 2. The lowest BCUT2D eigenvalue weighted by molar-refractivity contribution is -0.899. The van der Waals surface area contributed by atoms with E-state index in [1.165, 1.54) is 0 Å². The van der Waals surface area contributed by atoms with Crippen LogP contribution in [0, 0.1) is 5.92 Å². The first-order chi connectivity index (χ1) is 12.6. The summed E-state index contributed by atoms with van der Waals surface area (Å²) in [6.45, 7) is 1.91.